The van der Waals surface area contributed by atoms with Crippen molar-refractivity contribution in [1.82, 2.24) is 20.1 Å². The molecule has 3 aromatic rings. The summed E-state index contributed by atoms with van der Waals surface area (Å²) in [6.07, 6.45) is 0. The molecule has 0 spiro atoms. The van der Waals surface area contributed by atoms with Crippen molar-refractivity contribution in [2.75, 3.05) is 6.54 Å². The zero-order valence-electron chi connectivity index (χ0n) is 14.6. The normalized spacial score (nSPS) is 10.8. The molecule has 0 radical (unpaired) electrons. The van der Waals surface area contributed by atoms with E-state index in [0.717, 1.165) is 27.7 Å². The molecule has 0 bridgehead atoms. The second-order valence-electron chi connectivity index (χ2n) is 5.81. The van der Waals surface area contributed by atoms with E-state index in [1.54, 1.807) is 6.07 Å². The van der Waals surface area contributed by atoms with Gasteiger partial charge in [0.15, 0.2) is 0 Å². The number of nitrogens with zero attached hydrogens (tertiary/aromatic N) is 3. The van der Waals surface area contributed by atoms with E-state index in [-0.39, 0.29) is 29.2 Å². The molecule has 0 aliphatic carbocycles. The van der Waals surface area contributed by atoms with Gasteiger partial charge in [0.2, 0.25) is 0 Å². The van der Waals surface area contributed by atoms with Crippen LogP contribution in [0.4, 0.5) is 4.39 Å². The lowest BCUT2D eigenvalue weighted by Crippen LogP contribution is -2.32. The van der Waals surface area contributed by atoms with Gasteiger partial charge in [0, 0.05) is 12.6 Å². The third-order valence-corrected chi connectivity index (χ3v) is 5.20. The van der Waals surface area contributed by atoms with Gasteiger partial charge in [0.1, 0.15) is 11.5 Å². The van der Waals surface area contributed by atoms with Gasteiger partial charge in [-0.1, -0.05) is 11.6 Å². The first-order valence-corrected chi connectivity index (χ1v) is 9.30. The van der Waals surface area contributed by atoms with Crippen LogP contribution < -0.4 is 10.9 Å². The average molecular weight is 407 g/mol. The van der Waals surface area contributed by atoms with Crippen LogP contribution in [0.1, 0.15) is 21.1 Å². The molecule has 0 fully saturated rings. The van der Waals surface area contributed by atoms with E-state index in [0.29, 0.717) is 5.69 Å². The Morgan fingerprint density at radius 1 is 1.30 bits per heavy atom. The molecule has 3 rings (SSSR count). The molecule has 1 N–H and O–H groups in total. The Morgan fingerprint density at radius 2 is 2.07 bits per heavy atom. The third kappa shape index (κ3) is 4.40. The van der Waals surface area contributed by atoms with Crippen LogP contribution in [0.15, 0.2) is 35.1 Å². The SMILES string of the molecule is Cc1nc(C)c(-c2ccc(=O)n(CCNC(=O)c3ccc(F)cc3Cl)n2)s1. The summed E-state index contributed by atoms with van der Waals surface area (Å²) in [7, 11) is 0. The summed E-state index contributed by atoms with van der Waals surface area (Å²) in [6, 6.07) is 6.65. The molecule has 0 saturated carbocycles. The van der Waals surface area contributed by atoms with Crippen molar-refractivity contribution in [2.24, 2.45) is 0 Å². The number of carbonyl (C=O) groups excluding carboxylic acids is 1. The largest absolute Gasteiger partial charge is 0.350 e. The Bertz CT molecular complexity index is 1060. The molecule has 2 aromatic heterocycles. The number of hydrogen-bond acceptors (Lipinski definition) is 5. The fourth-order valence-electron chi connectivity index (χ4n) is 2.54. The summed E-state index contributed by atoms with van der Waals surface area (Å²) in [6.45, 7) is 4.16. The van der Waals surface area contributed by atoms with Crippen molar-refractivity contribution >= 4 is 28.8 Å². The van der Waals surface area contributed by atoms with Crippen LogP contribution in [0.3, 0.4) is 0 Å². The third-order valence-electron chi connectivity index (χ3n) is 3.79. The van der Waals surface area contributed by atoms with Gasteiger partial charge < -0.3 is 5.32 Å². The van der Waals surface area contributed by atoms with Crippen molar-refractivity contribution in [2.45, 2.75) is 20.4 Å². The minimum absolute atomic E-state index is 0.0285. The van der Waals surface area contributed by atoms with Gasteiger partial charge in [-0.2, -0.15) is 5.10 Å². The van der Waals surface area contributed by atoms with Crippen LogP contribution in [-0.2, 0) is 6.54 Å². The summed E-state index contributed by atoms with van der Waals surface area (Å²) in [4.78, 5) is 29.5. The standard InChI is InChI=1S/C18H16ClFN4O2S/c1-10-17(27-11(2)22-10)15-5-6-16(25)24(23-15)8-7-21-18(26)13-4-3-12(20)9-14(13)19/h3-6,9H,7-8H2,1-2H3,(H,21,26). The van der Waals surface area contributed by atoms with Crippen molar-refractivity contribution in [3.8, 4) is 10.6 Å². The lowest BCUT2D eigenvalue weighted by molar-refractivity contribution is 0.0952. The van der Waals surface area contributed by atoms with E-state index in [9.17, 15) is 14.0 Å². The van der Waals surface area contributed by atoms with Gasteiger partial charge in [-0.3, -0.25) is 9.59 Å². The van der Waals surface area contributed by atoms with Gasteiger partial charge in [-0.25, -0.2) is 14.1 Å². The van der Waals surface area contributed by atoms with Gasteiger partial charge in [-0.05, 0) is 38.1 Å². The summed E-state index contributed by atoms with van der Waals surface area (Å²) < 4.78 is 14.4. The minimum atomic E-state index is -0.516. The molecule has 1 aromatic carbocycles. The number of amides is 1. The first-order chi connectivity index (χ1) is 12.8. The fourth-order valence-corrected chi connectivity index (χ4v) is 3.68. The smallest absolute Gasteiger partial charge is 0.266 e. The number of nitrogens with one attached hydrogen (secondary N) is 1. The summed E-state index contributed by atoms with van der Waals surface area (Å²) in [5, 5.41) is 7.97. The van der Waals surface area contributed by atoms with E-state index in [2.05, 4.69) is 15.4 Å². The molecule has 9 heteroatoms. The molecule has 2 heterocycles. The minimum Gasteiger partial charge on any atom is -0.350 e. The van der Waals surface area contributed by atoms with Gasteiger partial charge in [0.25, 0.3) is 11.5 Å². The van der Waals surface area contributed by atoms with Crippen LogP contribution in [0.2, 0.25) is 5.02 Å². The number of carbonyl (C=O) groups is 1. The Hall–Kier alpha value is -2.58. The van der Waals surface area contributed by atoms with E-state index >= 15 is 0 Å². The van der Waals surface area contributed by atoms with E-state index < -0.39 is 11.7 Å². The highest BCUT2D eigenvalue weighted by molar-refractivity contribution is 7.15. The van der Waals surface area contributed by atoms with Crippen molar-refractivity contribution in [3.05, 3.63) is 67.8 Å². The van der Waals surface area contributed by atoms with Crippen LogP contribution in [-0.4, -0.2) is 27.2 Å². The summed E-state index contributed by atoms with van der Waals surface area (Å²) >= 11 is 7.38. The zero-order valence-corrected chi connectivity index (χ0v) is 16.2. The topological polar surface area (TPSA) is 76.9 Å². The molecule has 6 nitrogen and oxygen atoms in total. The Kier molecular flexibility index (Phi) is 5.67. The number of halogens is 2. The molecular formula is C18H16ClFN4O2S. The number of aryl methyl sites for hydroxylation is 2. The molecule has 140 valence electrons. The van der Waals surface area contributed by atoms with Gasteiger partial charge >= 0.3 is 0 Å². The highest BCUT2D eigenvalue weighted by Crippen LogP contribution is 2.27. The van der Waals surface area contributed by atoms with E-state index in [1.165, 1.54) is 28.2 Å². The highest BCUT2D eigenvalue weighted by atomic mass is 35.5. The van der Waals surface area contributed by atoms with Crippen molar-refractivity contribution in [1.29, 1.82) is 0 Å². The molecule has 27 heavy (non-hydrogen) atoms. The average Bonchev–Trinajstić information content (AvgIpc) is 2.94. The van der Waals surface area contributed by atoms with Crippen molar-refractivity contribution < 1.29 is 9.18 Å². The molecule has 1 amide bonds. The molecule has 0 unspecified atom stereocenters. The first kappa shape index (κ1) is 19.2. The number of benzene rings is 1. The summed E-state index contributed by atoms with van der Waals surface area (Å²) in [5.41, 5.74) is 1.41. The highest BCUT2D eigenvalue weighted by Gasteiger charge is 2.12. The van der Waals surface area contributed by atoms with Gasteiger partial charge in [-0.15, -0.1) is 11.3 Å². The van der Waals surface area contributed by atoms with Crippen LogP contribution in [0.25, 0.3) is 10.6 Å². The van der Waals surface area contributed by atoms with E-state index in [4.69, 9.17) is 11.6 Å². The lowest BCUT2D eigenvalue weighted by Gasteiger charge is -2.09. The lowest BCUT2D eigenvalue weighted by atomic mass is 10.2. The maximum absolute atomic E-state index is 13.1. The maximum atomic E-state index is 13.1. The molecular weight excluding hydrogens is 391 g/mol. The number of thiazole rings is 1. The number of aromatic nitrogens is 3. The van der Waals surface area contributed by atoms with Crippen LogP contribution in [0.5, 0.6) is 0 Å². The monoisotopic (exact) mass is 406 g/mol. The Morgan fingerprint density at radius 3 is 2.74 bits per heavy atom. The predicted molar refractivity (Wildman–Crippen MR) is 103 cm³/mol. The molecule has 0 saturated heterocycles. The Labute approximate surface area is 163 Å². The van der Waals surface area contributed by atoms with Gasteiger partial charge in [0.05, 0.1) is 32.7 Å². The molecule has 0 atom stereocenters. The molecule has 0 aliphatic rings. The maximum Gasteiger partial charge on any atom is 0.266 e. The number of rotatable bonds is 5. The second kappa shape index (κ2) is 7.98. The van der Waals surface area contributed by atoms with E-state index in [1.807, 2.05) is 13.8 Å². The first-order valence-electron chi connectivity index (χ1n) is 8.11. The molecule has 0 aliphatic heterocycles. The Balaban J connectivity index is 1.71. The number of hydrogen-bond donors (Lipinski definition) is 1. The zero-order chi connectivity index (χ0) is 19.6. The fraction of sp³-hybridized carbons (Fsp3) is 0.222. The summed E-state index contributed by atoms with van der Waals surface area (Å²) in [5.74, 6) is -0.962. The predicted octanol–water partition coefficient (Wildman–Crippen LogP) is 3.21. The van der Waals surface area contributed by atoms with Crippen LogP contribution >= 0.6 is 22.9 Å². The quantitative estimate of drug-likeness (QED) is 0.705. The van der Waals surface area contributed by atoms with Crippen molar-refractivity contribution in [3.63, 3.8) is 0 Å². The second-order valence-corrected chi connectivity index (χ2v) is 7.42. The van der Waals surface area contributed by atoms with Crippen LogP contribution in [0, 0.1) is 19.7 Å².